The van der Waals surface area contributed by atoms with E-state index in [0.717, 1.165) is 10.6 Å². The van der Waals surface area contributed by atoms with Crippen molar-refractivity contribution >= 4 is 23.2 Å². The number of nitrogens with zero attached hydrogens (tertiary/aromatic N) is 4. The zero-order valence-electron chi connectivity index (χ0n) is 15.8. The number of rotatable bonds is 4. The molecule has 0 bridgehead atoms. The van der Waals surface area contributed by atoms with E-state index in [0.29, 0.717) is 11.5 Å². The Morgan fingerprint density at radius 3 is 2.66 bits per heavy atom. The zero-order chi connectivity index (χ0) is 20.8. The second kappa shape index (κ2) is 6.94. The number of hydrogen-bond donors (Lipinski definition) is 2. The first-order valence-electron chi connectivity index (χ1n) is 9.05. The number of imidazole rings is 1. The smallest absolute Gasteiger partial charge is 0.322 e. The molecule has 29 heavy (non-hydrogen) atoms. The molecule has 152 valence electrons. The topological polar surface area (TPSA) is 74.6 Å². The van der Waals surface area contributed by atoms with Crippen molar-refractivity contribution in [3.63, 3.8) is 0 Å². The van der Waals surface area contributed by atoms with Gasteiger partial charge in [0.25, 0.3) is 5.92 Å². The Kier molecular flexibility index (Phi) is 4.56. The molecule has 7 nitrogen and oxygen atoms in total. The van der Waals surface area contributed by atoms with Gasteiger partial charge in [-0.1, -0.05) is 0 Å². The molecule has 0 aliphatic carbocycles. The second-order valence-electron chi connectivity index (χ2n) is 7.31. The standard InChI is InChI=1S/C19H19F3N6O/c1-11(2)24-13-6-23-17-26-16(8-27(17)7-13)14-5-12(3-4-15(14)20)25-18(29)28-9-19(21,22)10-28/h3-8,11,24H,9-10H2,1-2H3,(H,25,29). The first kappa shape index (κ1) is 19.0. The van der Waals surface area contributed by atoms with E-state index in [2.05, 4.69) is 20.6 Å². The highest BCUT2D eigenvalue weighted by atomic mass is 19.3. The third kappa shape index (κ3) is 3.96. The number of carbonyl (C=O) groups excluding carboxylic acids is 1. The van der Waals surface area contributed by atoms with E-state index in [4.69, 9.17) is 0 Å². The van der Waals surface area contributed by atoms with Crippen LogP contribution in [0.2, 0.25) is 0 Å². The summed E-state index contributed by atoms with van der Waals surface area (Å²) in [4.78, 5) is 21.6. The van der Waals surface area contributed by atoms with Crippen LogP contribution in [0.4, 0.5) is 29.3 Å². The number of urea groups is 1. The number of nitrogens with one attached hydrogen (secondary N) is 2. The van der Waals surface area contributed by atoms with Crippen molar-refractivity contribution in [2.75, 3.05) is 23.7 Å². The maximum atomic E-state index is 14.4. The van der Waals surface area contributed by atoms with Gasteiger partial charge in [0.1, 0.15) is 5.82 Å². The molecule has 4 rings (SSSR count). The van der Waals surface area contributed by atoms with Crippen LogP contribution in [0.25, 0.3) is 17.0 Å². The van der Waals surface area contributed by atoms with Crippen LogP contribution in [0.5, 0.6) is 0 Å². The number of aromatic nitrogens is 3. The largest absolute Gasteiger partial charge is 0.380 e. The Labute approximate surface area is 164 Å². The summed E-state index contributed by atoms with van der Waals surface area (Å²) in [5.41, 5.74) is 1.59. The molecule has 2 amide bonds. The van der Waals surface area contributed by atoms with Crippen LogP contribution in [0.15, 0.2) is 36.8 Å². The molecular formula is C19H19F3N6O. The molecule has 3 aromatic rings. The van der Waals surface area contributed by atoms with Crippen molar-refractivity contribution in [3.05, 3.63) is 42.6 Å². The fraction of sp³-hybridized carbons (Fsp3) is 0.316. The minimum Gasteiger partial charge on any atom is -0.380 e. The van der Waals surface area contributed by atoms with Gasteiger partial charge in [0, 0.05) is 29.7 Å². The van der Waals surface area contributed by atoms with Crippen molar-refractivity contribution in [2.24, 2.45) is 0 Å². The average molecular weight is 404 g/mol. The van der Waals surface area contributed by atoms with Crippen LogP contribution in [0.1, 0.15) is 13.8 Å². The first-order valence-corrected chi connectivity index (χ1v) is 9.05. The molecule has 0 radical (unpaired) electrons. The summed E-state index contributed by atoms with van der Waals surface area (Å²) in [5, 5.41) is 5.73. The van der Waals surface area contributed by atoms with Gasteiger partial charge in [0.2, 0.25) is 5.78 Å². The fourth-order valence-electron chi connectivity index (χ4n) is 3.08. The van der Waals surface area contributed by atoms with Gasteiger partial charge in [-0.25, -0.2) is 27.9 Å². The van der Waals surface area contributed by atoms with E-state index in [9.17, 15) is 18.0 Å². The summed E-state index contributed by atoms with van der Waals surface area (Å²) in [6.45, 7) is 2.75. The quantitative estimate of drug-likeness (QED) is 0.693. The van der Waals surface area contributed by atoms with Crippen LogP contribution < -0.4 is 10.6 Å². The number of halogens is 3. The zero-order valence-corrected chi connectivity index (χ0v) is 15.8. The fourth-order valence-corrected chi connectivity index (χ4v) is 3.08. The molecule has 1 aliphatic rings. The predicted octanol–water partition coefficient (Wildman–Crippen LogP) is 3.84. The number of benzene rings is 1. The Morgan fingerprint density at radius 2 is 1.97 bits per heavy atom. The minimum atomic E-state index is -2.85. The van der Waals surface area contributed by atoms with Gasteiger partial charge < -0.3 is 15.5 Å². The molecule has 0 unspecified atom stereocenters. The second-order valence-corrected chi connectivity index (χ2v) is 7.31. The van der Waals surface area contributed by atoms with Crippen LogP contribution in [0.3, 0.4) is 0 Å². The first-order chi connectivity index (χ1) is 13.7. The van der Waals surface area contributed by atoms with Gasteiger partial charge in [-0.15, -0.1) is 0 Å². The molecule has 1 aromatic carbocycles. The number of carbonyl (C=O) groups is 1. The normalized spacial score (nSPS) is 15.4. The minimum absolute atomic E-state index is 0.167. The maximum absolute atomic E-state index is 14.4. The number of anilines is 2. The lowest BCUT2D eigenvalue weighted by atomic mass is 10.1. The number of amides is 2. The summed E-state index contributed by atoms with van der Waals surface area (Å²) in [6, 6.07) is 3.54. The molecule has 0 spiro atoms. The van der Waals surface area contributed by atoms with E-state index >= 15 is 0 Å². The lowest BCUT2D eigenvalue weighted by Crippen LogP contribution is -2.59. The van der Waals surface area contributed by atoms with E-state index in [1.807, 2.05) is 13.8 Å². The Morgan fingerprint density at radius 1 is 1.21 bits per heavy atom. The average Bonchev–Trinajstić information content (AvgIpc) is 3.03. The van der Waals surface area contributed by atoms with Crippen molar-refractivity contribution < 1.29 is 18.0 Å². The number of likely N-dealkylation sites (tertiary alicyclic amines) is 1. The lowest BCUT2D eigenvalue weighted by Gasteiger charge is -2.38. The van der Waals surface area contributed by atoms with Crippen LogP contribution >= 0.6 is 0 Å². The van der Waals surface area contributed by atoms with Gasteiger partial charge in [-0.05, 0) is 32.0 Å². The molecule has 1 fully saturated rings. The molecular weight excluding hydrogens is 385 g/mol. The van der Waals surface area contributed by atoms with Crippen LogP contribution in [-0.4, -0.2) is 50.4 Å². The van der Waals surface area contributed by atoms with E-state index in [1.54, 1.807) is 23.0 Å². The number of hydrogen-bond acceptors (Lipinski definition) is 4. The molecule has 1 saturated heterocycles. The van der Waals surface area contributed by atoms with Gasteiger partial charge >= 0.3 is 6.03 Å². The predicted molar refractivity (Wildman–Crippen MR) is 103 cm³/mol. The summed E-state index contributed by atoms with van der Waals surface area (Å²) in [6.07, 6.45) is 5.07. The highest BCUT2D eigenvalue weighted by molar-refractivity contribution is 5.90. The van der Waals surface area contributed by atoms with Gasteiger partial charge in [-0.2, -0.15) is 0 Å². The molecule has 1 aliphatic heterocycles. The third-order valence-corrected chi connectivity index (χ3v) is 4.39. The van der Waals surface area contributed by atoms with Gasteiger partial charge in [-0.3, -0.25) is 4.40 Å². The molecule has 0 saturated carbocycles. The van der Waals surface area contributed by atoms with Gasteiger partial charge in [0.15, 0.2) is 0 Å². The molecule has 2 aromatic heterocycles. The number of fused-ring (bicyclic) bond motifs is 1. The van der Waals surface area contributed by atoms with Crippen molar-refractivity contribution in [3.8, 4) is 11.3 Å². The maximum Gasteiger partial charge on any atom is 0.322 e. The third-order valence-electron chi connectivity index (χ3n) is 4.39. The molecule has 2 N–H and O–H groups in total. The highest BCUT2D eigenvalue weighted by Gasteiger charge is 2.46. The molecule has 0 atom stereocenters. The van der Waals surface area contributed by atoms with E-state index in [1.165, 1.54) is 18.2 Å². The van der Waals surface area contributed by atoms with Crippen LogP contribution in [-0.2, 0) is 0 Å². The van der Waals surface area contributed by atoms with E-state index < -0.39 is 30.9 Å². The Hall–Kier alpha value is -3.30. The summed E-state index contributed by atoms with van der Waals surface area (Å²) >= 11 is 0. The molecule has 3 heterocycles. The summed E-state index contributed by atoms with van der Waals surface area (Å²) < 4.78 is 41.9. The summed E-state index contributed by atoms with van der Waals surface area (Å²) in [5.74, 6) is -2.98. The lowest BCUT2D eigenvalue weighted by molar-refractivity contribution is -0.107. The van der Waals surface area contributed by atoms with Crippen molar-refractivity contribution in [2.45, 2.75) is 25.8 Å². The Balaban J connectivity index is 1.58. The number of alkyl halides is 2. The molecule has 10 heteroatoms. The Bertz CT molecular complexity index is 1070. The van der Waals surface area contributed by atoms with Gasteiger partial charge in [0.05, 0.1) is 30.7 Å². The van der Waals surface area contributed by atoms with Crippen LogP contribution in [0, 0.1) is 5.82 Å². The SMILES string of the molecule is CC(C)Nc1cnc2nc(-c3cc(NC(=O)N4CC(F)(F)C4)ccc3F)cn2c1. The monoisotopic (exact) mass is 404 g/mol. The van der Waals surface area contributed by atoms with Crippen molar-refractivity contribution in [1.29, 1.82) is 0 Å². The van der Waals surface area contributed by atoms with E-state index in [-0.39, 0.29) is 17.3 Å². The highest BCUT2D eigenvalue weighted by Crippen LogP contribution is 2.29. The summed E-state index contributed by atoms with van der Waals surface area (Å²) in [7, 11) is 0. The van der Waals surface area contributed by atoms with Crippen molar-refractivity contribution in [1.82, 2.24) is 19.3 Å².